The fraction of sp³-hybridized carbons (Fsp3) is 0.143. The number of amides is 1. The third-order valence-corrected chi connectivity index (χ3v) is 3.95. The minimum atomic E-state index is -1.03. The number of rotatable bonds is 6. The molecule has 0 saturated heterocycles. The van der Waals surface area contributed by atoms with E-state index in [0.29, 0.717) is 16.9 Å². The molecule has 7 heteroatoms. The maximum absolute atomic E-state index is 12.4. The highest BCUT2D eigenvalue weighted by Gasteiger charge is 2.20. The third-order valence-electron chi connectivity index (χ3n) is 3.95. The van der Waals surface area contributed by atoms with Gasteiger partial charge in [-0.05, 0) is 26.0 Å². The number of hydrogen-bond donors (Lipinski definition) is 1. The lowest BCUT2D eigenvalue weighted by molar-refractivity contribution is -0.123. The first-order valence-corrected chi connectivity index (χ1v) is 8.59. The van der Waals surface area contributed by atoms with Gasteiger partial charge < -0.3 is 14.6 Å². The number of carbonyl (C=O) groups is 3. The maximum Gasteiger partial charge on any atom is 0.338 e. The Kier molecular flexibility index (Phi) is 5.64. The van der Waals surface area contributed by atoms with Crippen molar-refractivity contribution in [2.24, 2.45) is 0 Å². The van der Waals surface area contributed by atoms with E-state index in [1.807, 2.05) is 6.07 Å². The topological polar surface area (TPSA) is 98.5 Å². The SMILES string of the molecule is Cc1cc(NC(=O)[C@H](C)OC(=O)c2ccc(C(=O)c3ccccc3)cc2)no1. The van der Waals surface area contributed by atoms with Crippen molar-refractivity contribution in [2.45, 2.75) is 20.0 Å². The van der Waals surface area contributed by atoms with E-state index < -0.39 is 18.0 Å². The van der Waals surface area contributed by atoms with Gasteiger partial charge in [-0.15, -0.1) is 0 Å². The number of ketones is 1. The number of nitrogens with zero attached hydrogens (tertiary/aromatic N) is 1. The van der Waals surface area contributed by atoms with E-state index in [9.17, 15) is 14.4 Å². The Morgan fingerprint density at radius 1 is 0.964 bits per heavy atom. The number of nitrogens with one attached hydrogen (secondary N) is 1. The molecule has 0 unspecified atom stereocenters. The van der Waals surface area contributed by atoms with Crippen LogP contribution in [0.1, 0.15) is 39.0 Å². The highest BCUT2D eigenvalue weighted by Crippen LogP contribution is 2.13. The first-order chi connectivity index (χ1) is 13.4. The monoisotopic (exact) mass is 378 g/mol. The van der Waals surface area contributed by atoms with Gasteiger partial charge in [0, 0.05) is 17.2 Å². The predicted molar refractivity (Wildman–Crippen MR) is 101 cm³/mol. The summed E-state index contributed by atoms with van der Waals surface area (Å²) in [5.41, 5.74) is 1.25. The molecule has 1 N–H and O–H groups in total. The summed E-state index contributed by atoms with van der Waals surface area (Å²) in [6, 6.07) is 16.5. The summed E-state index contributed by atoms with van der Waals surface area (Å²) in [4.78, 5) is 36.7. The minimum absolute atomic E-state index is 0.142. The van der Waals surface area contributed by atoms with Crippen LogP contribution in [-0.2, 0) is 9.53 Å². The molecule has 0 bridgehead atoms. The zero-order valence-electron chi connectivity index (χ0n) is 15.3. The van der Waals surface area contributed by atoms with Crippen molar-refractivity contribution < 1.29 is 23.6 Å². The molecule has 0 aliphatic heterocycles. The number of benzene rings is 2. The molecule has 3 rings (SSSR count). The molecule has 0 aliphatic carbocycles. The number of aromatic nitrogens is 1. The van der Waals surface area contributed by atoms with Gasteiger partial charge in [0.2, 0.25) is 0 Å². The molecule has 0 fully saturated rings. The van der Waals surface area contributed by atoms with Crippen LogP contribution in [0.25, 0.3) is 0 Å². The predicted octanol–water partition coefficient (Wildman–Crippen LogP) is 3.40. The average molecular weight is 378 g/mol. The zero-order chi connectivity index (χ0) is 20.1. The summed E-state index contributed by atoms with van der Waals surface area (Å²) < 4.78 is 10.0. The standard InChI is InChI=1S/C21H18N2O5/c1-13-12-18(23-28-13)22-20(25)14(2)27-21(26)17-10-8-16(9-11-17)19(24)15-6-4-3-5-7-15/h3-12,14H,1-2H3,(H,22,23,25)/t14-/m0/s1. The van der Waals surface area contributed by atoms with Gasteiger partial charge in [-0.3, -0.25) is 9.59 Å². The molecule has 1 amide bonds. The summed E-state index contributed by atoms with van der Waals surface area (Å²) >= 11 is 0. The average Bonchev–Trinajstić information content (AvgIpc) is 3.12. The fourth-order valence-corrected chi connectivity index (χ4v) is 2.45. The number of aryl methyl sites for hydroxylation is 1. The van der Waals surface area contributed by atoms with E-state index in [2.05, 4.69) is 10.5 Å². The molecule has 1 atom stereocenters. The number of hydrogen-bond acceptors (Lipinski definition) is 6. The number of anilines is 1. The van der Waals surface area contributed by atoms with E-state index >= 15 is 0 Å². The largest absolute Gasteiger partial charge is 0.449 e. The summed E-state index contributed by atoms with van der Waals surface area (Å²) in [5.74, 6) is -0.550. The smallest absolute Gasteiger partial charge is 0.338 e. The van der Waals surface area contributed by atoms with Gasteiger partial charge in [-0.1, -0.05) is 47.6 Å². The van der Waals surface area contributed by atoms with Crippen molar-refractivity contribution >= 4 is 23.5 Å². The Morgan fingerprint density at radius 2 is 1.57 bits per heavy atom. The van der Waals surface area contributed by atoms with E-state index in [1.54, 1.807) is 49.4 Å². The second-order valence-electron chi connectivity index (χ2n) is 6.13. The van der Waals surface area contributed by atoms with Gasteiger partial charge in [-0.2, -0.15) is 0 Å². The second-order valence-corrected chi connectivity index (χ2v) is 6.13. The summed E-state index contributed by atoms with van der Waals surface area (Å²) in [6.45, 7) is 3.14. The van der Waals surface area contributed by atoms with Gasteiger partial charge in [0.1, 0.15) is 5.76 Å². The zero-order valence-corrected chi connectivity index (χ0v) is 15.3. The van der Waals surface area contributed by atoms with Crippen LogP contribution in [0.4, 0.5) is 5.82 Å². The second kappa shape index (κ2) is 8.30. The molecular formula is C21H18N2O5. The molecule has 7 nitrogen and oxygen atoms in total. The van der Waals surface area contributed by atoms with Crippen LogP contribution in [0, 0.1) is 6.92 Å². The van der Waals surface area contributed by atoms with Crippen LogP contribution >= 0.6 is 0 Å². The highest BCUT2D eigenvalue weighted by molar-refractivity contribution is 6.09. The van der Waals surface area contributed by atoms with Crippen LogP contribution in [0.3, 0.4) is 0 Å². The molecule has 2 aromatic carbocycles. The number of carbonyl (C=O) groups excluding carboxylic acids is 3. The highest BCUT2D eigenvalue weighted by atomic mass is 16.5. The molecule has 0 spiro atoms. The molecule has 1 aromatic heterocycles. The Balaban J connectivity index is 1.61. The van der Waals surface area contributed by atoms with E-state index in [-0.39, 0.29) is 17.2 Å². The Labute approximate surface area is 161 Å². The van der Waals surface area contributed by atoms with Crippen LogP contribution < -0.4 is 5.32 Å². The number of ether oxygens (including phenoxy) is 1. The van der Waals surface area contributed by atoms with E-state index in [4.69, 9.17) is 9.26 Å². The van der Waals surface area contributed by atoms with Crippen molar-refractivity contribution in [3.8, 4) is 0 Å². The summed E-state index contributed by atoms with van der Waals surface area (Å²) in [5, 5.41) is 6.14. The summed E-state index contributed by atoms with van der Waals surface area (Å²) in [7, 11) is 0. The van der Waals surface area contributed by atoms with Crippen LogP contribution in [-0.4, -0.2) is 28.9 Å². The van der Waals surface area contributed by atoms with Crippen molar-refractivity contribution in [2.75, 3.05) is 5.32 Å². The van der Waals surface area contributed by atoms with Gasteiger partial charge in [0.25, 0.3) is 5.91 Å². The van der Waals surface area contributed by atoms with Crippen molar-refractivity contribution in [3.63, 3.8) is 0 Å². The third kappa shape index (κ3) is 4.50. The minimum Gasteiger partial charge on any atom is -0.449 e. The van der Waals surface area contributed by atoms with Crippen molar-refractivity contribution in [1.82, 2.24) is 5.16 Å². The first kappa shape index (κ1) is 19.0. The van der Waals surface area contributed by atoms with E-state index in [1.165, 1.54) is 19.1 Å². The van der Waals surface area contributed by atoms with Crippen LogP contribution in [0.15, 0.2) is 65.2 Å². The Bertz CT molecular complexity index is 993. The Hall–Kier alpha value is -3.74. The number of esters is 1. The quantitative estimate of drug-likeness (QED) is 0.521. The molecule has 0 saturated carbocycles. The van der Waals surface area contributed by atoms with Gasteiger partial charge in [-0.25, -0.2) is 4.79 Å². The fourth-order valence-electron chi connectivity index (χ4n) is 2.45. The van der Waals surface area contributed by atoms with Gasteiger partial charge in [0.05, 0.1) is 5.56 Å². The van der Waals surface area contributed by atoms with E-state index in [0.717, 1.165) is 0 Å². The van der Waals surface area contributed by atoms with Gasteiger partial charge in [0.15, 0.2) is 17.7 Å². The summed E-state index contributed by atoms with van der Waals surface area (Å²) in [6.07, 6.45) is -1.03. The lowest BCUT2D eigenvalue weighted by atomic mass is 10.0. The molecule has 3 aromatic rings. The lowest BCUT2D eigenvalue weighted by Crippen LogP contribution is -2.30. The molecule has 0 radical (unpaired) electrons. The molecule has 1 heterocycles. The molecule has 142 valence electrons. The first-order valence-electron chi connectivity index (χ1n) is 8.59. The normalized spacial score (nSPS) is 11.5. The van der Waals surface area contributed by atoms with Gasteiger partial charge >= 0.3 is 5.97 Å². The molecular weight excluding hydrogens is 360 g/mol. The Morgan fingerprint density at radius 3 is 2.18 bits per heavy atom. The molecule has 28 heavy (non-hydrogen) atoms. The van der Waals surface area contributed by atoms with Crippen LogP contribution in [0.5, 0.6) is 0 Å². The molecule has 0 aliphatic rings. The lowest BCUT2D eigenvalue weighted by Gasteiger charge is -2.12. The maximum atomic E-state index is 12.4. The van der Waals surface area contributed by atoms with Crippen molar-refractivity contribution in [3.05, 3.63) is 83.1 Å². The van der Waals surface area contributed by atoms with Crippen molar-refractivity contribution in [1.29, 1.82) is 0 Å². The van der Waals surface area contributed by atoms with Crippen LogP contribution in [0.2, 0.25) is 0 Å².